The lowest BCUT2D eigenvalue weighted by Crippen LogP contribution is -2.64. The maximum absolute atomic E-state index is 13.4. The van der Waals surface area contributed by atoms with Crippen molar-refractivity contribution in [2.24, 2.45) is 0 Å². The van der Waals surface area contributed by atoms with Crippen LogP contribution in [0.4, 0.5) is 5.69 Å². The van der Waals surface area contributed by atoms with E-state index in [1.54, 1.807) is 22.6 Å². The van der Waals surface area contributed by atoms with Gasteiger partial charge in [-0.2, -0.15) is 5.10 Å². The van der Waals surface area contributed by atoms with Gasteiger partial charge in [0.15, 0.2) is 0 Å². The molecule has 1 aliphatic heterocycles. The van der Waals surface area contributed by atoms with Crippen molar-refractivity contribution in [3.63, 3.8) is 0 Å². The molecule has 2 aromatic carbocycles. The van der Waals surface area contributed by atoms with E-state index in [1.807, 2.05) is 68.4 Å². The molecule has 0 aliphatic carbocycles. The van der Waals surface area contributed by atoms with E-state index in [0.29, 0.717) is 17.9 Å². The number of fused-ring (bicyclic) bond motifs is 1. The molecule has 1 atom stereocenters. The lowest BCUT2D eigenvalue weighted by Gasteiger charge is -2.43. The fraction of sp³-hybridized carbons (Fsp3) is 0.261. The zero-order chi connectivity index (χ0) is 20.6. The van der Waals surface area contributed by atoms with E-state index in [1.165, 1.54) is 0 Å². The number of nitrogens with zero attached hydrogens (tertiary/aromatic N) is 3. The Morgan fingerprint density at radius 1 is 1.10 bits per heavy atom. The van der Waals surface area contributed by atoms with Crippen molar-refractivity contribution < 1.29 is 9.59 Å². The Bertz CT molecular complexity index is 1060. The molecule has 29 heavy (non-hydrogen) atoms. The second-order valence-corrected chi connectivity index (χ2v) is 7.75. The van der Waals surface area contributed by atoms with Gasteiger partial charge in [0, 0.05) is 12.2 Å². The quantitative estimate of drug-likeness (QED) is 0.746. The Kier molecular flexibility index (Phi) is 4.70. The molecule has 1 N–H and O–H groups in total. The smallest absolute Gasteiger partial charge is 0.277 e. The highest BCUT2D eigenvalue weighted by molar-refractivity contribution is 6.11. The average Bonchev–Trinajstić information content (AvgIpc) is 3.08. The Labute approximate surface area is 170 Å². The molecule has 1 aromatic heterocycles. The van der Waals surface area contributed by atoms with Crippen molar-refractivity contribution in [2.45, 2.75) is 39.4 Å². The molecule has 0 unspecified atom stereocenters. The molecule has 0 saturated heterocycles. The number of carbonyl (C=O) groups excluding carboxylic acids is 2. The predicted molar refractivity (Wildman–Crippen MR) is 112 cm³/mol. The summed E-state index contributed by atoms with van der Waals surface area (Å²) in [7, 11) is 0. The van der Waals surface area contributed by atoms with Crippen molar-refractivity contribution in [2.75, 3.05) is 4.90 Å². The van der Waals surface area contributed by atoms with Crippen molar-refractivity contribution in [3.8, 4) is 0 Å². The fourth-order valence-electron chi connectivity index (χ4n) is 3.78. The maximum Gasteiger partial charge on any atom is 0.277 e. The van der Waals surface area contributed by atoms with Crippen LogP contribution in [0, 0.1) is 13.8 Å². The van der Waals surface area contributed by atoms with E-state index in [4.69, 9.17) is 0 Å². The van der Waals surface area contributed by atoms with E-state index >= 15 is 0 Å². The van der Waals surface area contributed by atoms with Crippen molar-refractivity contribution >= 4 is 17.5 Å². The van der Waals surface area contributed by atoms with Gasteiger partial charge in [-0.05, 0) is 44.5 Å². The second kappa shape index (κ2) is 7.20. The first-order valence-electron chi connectivity index (χ1n) is 9.66. The van der Waals surface area contributed by atoms with Crippen molar-refractivity contribution in [1.29, 1.82) is 0 Å². The highest BCUT2D eigenvalue weighted by Crippen LogP contribution is 2.33. The summed E-state index contributed by atoms with van der Waals surface area (Å²) in [4.78, 5) is 28.4. The highest BCUT2D eigenvalue weighted by Gasteiger charge is 2.48. The molecule has 148 valence electrons. The Balaban J connectivity index is 1.71. The number of rotatable bonds is 4. The van der Waals surface area contributed by atoms with Gasteiger partial charge in [-0.25, -0.2) is 0 Å². The number of nitrogens with one attached hydrogen (secondary N) is 1. The fourth-order valence-corrected chi connectivity index (χ4v) is 3.78. The molecule has 6 nitrogen and oxygen atoms in total. The van der Waals surface area contributed by atoms with Crippen LogP contribution in [0.3, 0.4) is 0 Å². The Morgan fingerprint density at radius 3 is 2.48 bits per heavy atom. The van der Waals surface area contributed by atoms with Crippen LogP contribution in [-0.4, -0.2) is 27.1 Å². The van der Waals surface area contributed by atoms with E-state index < -0.39 is 5.54 Å². The number of aromatic nitrogens is 2. The zero-order valence-corrected chi connectivity index (χ0v) is 16.8. The van der Waals surface area contributed by atoms with Gasteiger partial charge in [-0.1, -0.05) is 48.0 Å². The molecular formula is C23H24N4O2. The van der Waals surface area contributed by atoms with Gasteiger partial charge in [0.2, 0.25) is 5.91 Å². The molecule has 6 heteroatoms. The number of anilines is 1. The molecule has 0 saturated carbocycles. The van der Waals surface area contributed by atoms with Gasteiger partial charge >= 0.3 is 0 Å². The van der Waals surface area contributed by atoms with Crippen LogP contribution in [-0.2, 0) is 17.9 Å². The molecule has 0 radical (unpaired) electrons. The van der Waals surface area contributed by atoms with E-state index in [9.17, 15) is 9.59 Å². The van der Waals surface area contributed by atoms with Crippen LogP contribution in [0.2, 0.25) is 0 Å². The van der Waals surface area contributed by atoms with E-state index in [0.717, 1.165) is 16.8 Å². The average molecular weight is 388 g/mol. The number of benzene rings is 2. The number of hydrogen-bond donors (Lipinski definition) is 1. The van der Waals surface area contributed by atoms with E-state index in [2.05, 4.69) is 10.4 Å². The minimum absolute atomic E-state index is 0.214. The van der Waals surface area contributed by atoms with Crippen LogP contribution in [0.1, 0.15) is 34.2 Å². The van der Waals surface area contributed by atoms with Gasteiger partial charge in [0.25, 0.3) is 5.91 Å². The second-order valence-electron chi connectivity index (χ2n) is 7.75. The first-order valence-corrected chi connectivity index (χ1v) is 9.66. The Morgan fingerprint density at radius 2 is 1.79 bits per heavy atom. The maximum atomic E-state index is 13.4. The molecular weight excluding hydrogens is 364 g/mol. The largest absolute Gasteiger partial charge is 0.350 e. The molecule has 0 spiro atoms. The van der Waals surface area contributed by atoms with Crippen molar-refractivity contribution in [1.82, 2.24) is 15.1 Å². The van der Waals surface area contributed by atoms with Crippen LogP contribution >= 0.6 is 0 Å². The minimum Gasteiger partial charge on any atom is -0.350 e. The summed E-state index contributed by atoms with van der Waals surface area (Å²) in [5.74, 6) is -0.438. The lowest BCUT2D eigenvalue weighted by atomic mass is 9.93. The predicted octanol–water partition coefficient (Wildman–Crippen LogP) is 3.24. The van der Waals surface area contributed by atoms with Crippen LogP contribution in [0.5, 0.6) is 0 Å². The number of amides is 2. The Hall–Kier alpha value is -3.41. The summed E-state index contributed by atoms with van der Waals surface area (Å²) in [6.45, 7) is 6.32. The third kappa shape index (κ3) is 3.42. The number of hydrogen-bond acceptors (Lipinski definition) is 3. The van der Waals surface area contributed by atoms with Crippen molar-refractivity contribution in [3.05, 3.63) is 83.2 Å². The monoisotopic (exact) mass is 388 g/mol. The van der Waals surface area contributed by atoms with Crippen LogP contribution in [0.25, 0.3) is 0 Å². The van der Waals surface area contributed by atoms with E-state index in [-0.39, 0.29) is 18.4 Å². The number of carbonyl (C=O) groups is 2. The van der Waals surface area contributed by atoms with Gasteiger partial charge in [-0.3, -0.25) is 19.2 Å². The summed E-state index contributed by atoms with van der Waals surface area (Å²) in [5.41, 5.74) is 2.94. The number of aryl methyl sites for hydroxylation is 2. The third-order valence-corrected chi connectivity index (χ3v) is 5.35. The third-order valence-electron chi connectivity index (χ3n) is 5.35. The van der Waals surface area contributed by atoms with Gasteiger partial charge in [0.1, 0.15) is 11.2 Å². The topological polar surface area (TPSA) is 67.2 Å². The summed E-state index contributed by atoms with van der Waals surface area (Å²) in [5, 5.41) is 7.43. The molecule has 4 rings (SSSR count). The standard InChI is InChI=1S/C23H24N4O2/c1-16-9-11-19(12-10-16)27-21(28)20-13-17(2)25-26(20)15-23(27,3)22(29)24-14-18-7-5-4-6-8-18/h4-13H,14-15H2,1-3H3,(H,24,29)/t23-/m1/s1. The molecule has 2 heterocycles. The lowest BCUT2D eigenvalue weighted by molar-refractivity contribution is -0.126. The minimum atomic E-state index is -1.10. The highest BCUT2D eigenvalue weighted by atomic mass is 16.2. The van der Waals surface area contributed by atoms with Gasteiger partial charge < -0.3 is 5.32 Å². The SMILES string of the molecule is Cc1ccc(N2C(=O)c3cc(C)nn3C[C@]2(C)C(=O)NCc2ccccc2)cc1. The van der Waals surface area contributed by atoms with Gasteiger partial charge in [-0.15, -0.1) is 0 Å². The zero-order valence-electron chi connectivity index (χ0n) is 16.8. The summed E-state index contributed by atoms with van der Waals surface area (Å²) in [6, 6.07) is 19.2. The molecule has 1 aliphatic rings. The van der Waals surface area contributed by atoms with Crippen LogP contribution in [0.15, 0.2) is 60.7 Å². The summed E-state index contributed by atoms with van der Waals surface area (Å²) in [6.07, 6.45) is 0. The molecule has 3 aromatic rings. The molecule has 0 fully saturated rings. The molecule has 2 amide bonds. The normalized spacial score (nSPS) is 18.4. The first kappa shape index (κ1) is 18.9. The molecule has 0 bridgehead atoms. The first-order chi connectivity index (χ1) is 13.9. The summed E-state index contributed by atoms with van der Waals surface area (Å²) < 4.78 is 1.64. The van der Waals surface area contributed by atoms with Gasteiger partial charge in [0.05, 0.1) is 12.2 Å². The van der Waals surface area contributed by atoms with Crippen LogP contribution < -0.4 is 10.2 Å². The summed E-state index contributed by atoms with van der Waals surface area (Å²) >= 11 is 0.